The predicted molar refractivity (Wildman–Crippen MR) is 267 cm³/mol. The third kappa shape index (κ3) is 39.4. The highest BCUT2D eigenvalue weighted by Gasteiger charge is 2.14. The molecule has 0 spiro atoms. The highest BCUT2D eigenvalue weighted by atomic mass is 32.2. The fourth-order valence-electron chi connectivity index (χ4n) is 5.30. The summed E-state index contributed by atoms with van der Waals surface area (Å²) in [6.45, 7) is 13.0. The van der Waals surface area contributed by atoms with Crippen molar-refractivity contribution in [2.24, 2.45) is 5.73 Å². The van der Waals surface area contributed by atoms with Gasteiger partial charge in [-0.05, 0) is 12.5 Å². The zero-order valence-electron chi connectivity index (χ0n) is 41.5. The van der Waals surface area contributed by atoms with Crippen molar-refractivity contribution in [3.05, 3.63) is 40.9 Å². The van der Waals surface area contributed by atoms with E-state index in [0.717, 1.165) is 16.9 Å². The lowest BCUT2D eigenvalue weighted by Crippen LogP contribution is -2.33. The van der Waals surface area contributed by atoms with Crippen LogP contribution in [0.25, 0.3) is 0 Å². The highest BCUT2D eigenvalue weighted by molar-refractivity contribution is 8.13. The minimum absolute atomic E-state index is 0.0485. The number of thioether (sulfide) groups is 1. The fourth-order valence-corrected chi connectivity index (χ4v) is 6.48. The van der Waals surface area contributed by atoms with Crippen molar-refractivity contribution in [2.75, 3.05) is 189 Å². The number of hydrogen-bond acceptors (Lipinski definition) is 21. The average Bonchev–Trinajstić information content (AvgIpc) is 3.84. The smallest absolute Gasteiger partial charge is 0.321 e. The van der Waals surface area contributed by atoms with Crippen molar-refractivity contribution in [2.45, 2.75) is 26.3 Å². The van der Waals surface area contributed by atoms with Gasteiger partial charge in [0, 0.05) is 43.1 Å². The quantitative estimate of drug-likeness (QED) is 0.0586. The van der Waals surface area contributed by atoms with Crippen molar-refractivity contribution in [3.63, 3.8) is 0 Å². The van der Waals surface area contributed by atoms with Gasteiger partial charge in [-0.1, -0.05) is 30.0 Å². The van der Waals surface area contributed by atoms with E-state index in [9.17, 15) is 24.0 Å². The topological polar surface area (TPSA) is 292 Å². The monoisotopic (exact) mass is 1060 g/mol. The third-order valence-corrected chi connectivity index (χ3v) is 10.3. The Morgan fingerprint density at radius 3 is 1.47 bits per heavy atom. The molecule has 1 aromatic carbocycles. The van der Waals surface area contributed by atoms with Crippen LogP contribution < -0.4 is 31.7 Å². The Morgan fingerprint density at radius 2 is 1.01 bits per heavy atom. The number of nitrogens with zero attached hydrogens (tertiary/aromatic N) is 1. The van der Waals surface area contributed by atoms with Gasteiger partial charge in [0.2, 0.25) is 11.8 Å². The molecule has 0 atom stereocenters. The summed E-state index contributed by atoms with van der Waals surface area (Å²) in [6.07, 6.45) is 0.788. The molecule has 5 amide bonds. The number of carbonyl (C=O) groups is 5. The van der Waals surface area contributed by atoms with Gasteiger partial charge in [-0.3, -0.25) is 24.5 Å². The molecule has 0 aliphatic carbocycles. The zero-order chi connectivity index (χ0) is 51.8. The van der Waals surface area contributed by atoms with E-state index < -0.39 is 17.8 Å². The van der Waals surface area contributed by atoms with Gasteiger partial charge < -0.3 is 83.3 Å². The maximum absolute atomic E-state index is 12.4. The number of anilines is 1. The first kappa shape index (κ1) is 64.0. The molecule has 24 nitrogen and oxygen atoms in total. The number of para-hydroxylation sites is 1. The van der Waals surface area contributed by atoms with E-state index in [1.54, 1.807) is 13.0 Å². The van der Waals surface area contributed by atoms with Crippen LogP contribution in [-0.4, -0.2) is 218 Å². The van der Waals surface area contributed by atoms with E-state index in [-0.39, 0.29) is 48.0 Å². The molecule has 1 heterocycles. The standard InChI is InChI=1S/C46H76N6O18S2/c1-38(53)71-34-33-69-32-31-68-30-29-67-28-27-66-26-25-65-24-23-64-22-21-63-20-19-62-18-17-61-16-15-60-14-13-59-12-11-58-10-7-43(55)48-8-4-9-70-41-6-3-2-5-39(41)35-50-45(57)52-46-51-40(37-72-46)44(56)49-36-42(47)54/h2-3,5-6,37H,4,7-36H2,1H3,(H2,47,54)(H,48,55)(H,49,56)(H2,50,51,52,57). The second-order valence-electron chi connectivity index (χ2n) is 14.6. The zero-order valence-corrected chi connectivity index (χ0v) is 43.1. The van der Waals surface area contributed by atoms with E-state index in [1.165, 1.54) is 17.1 Å². The molecule has 6 N–H and O–H groups in total. The molecule has 26 heteroatoms. The van der Waals surface area contributed by atoms with Crippen molar-refractivity contribution >= 4 is 57.1 Å². The fraction of sp³-hybridized carbons (Fsp3) is 0.696. The maximum atomic E-state index is 12.4. The first-order chi connectivity index (χ1) is 35.2. The highest BCUT2D eigenvalue weighted by Crippen LogP contribution is 2.19. The van der Waals surface area contributed by atoms with Gasteiger partial charge in [0.15, 0.2) is 10.2 Å². The summed E-state index contributed by atoms with van der Waals surface area (Å²) in [5.74, 6) is -0.145. The molecule has 1 aromatic heterocycles. The summed E-state index contributed by atoms with van der Waals surface area (Å²) < 4.78 is 71.6. The van der Waals surface area contributed by atoms with Crippen molar-refractivity contribution < 1.29 is 85.6 Å². The molecule has 0 saturated heterocycles. The predicted octanol–water partition coefficient (Wildman–Crippen LogP) is 1.43. The Kier molecular flexibility index (Phi) is 41.5. The SMILES string of the molecule is CC(=O)SCCOCCOCCOCCOCCOCCOCCOCCOCCOCCOCCOCCOCCC(=O)NCCCOc1ccccc1CNC(=O)Nc1nc(C(=O)NCC(N)=O)cs1. The van der Waals surface area contributed by atoms with Crippen molar-refractivity contribution in [1.29, 1.82) is 0 Å². The van der Waals surface area contributed by atoms with E-state index in [4.69, 9.17) is 67.3 Å². The second-order valence-corrected chi connectivity index (χ2v) is 16.7. The minimum Gasteiger partial charge on any atom is -0.493 e. The summed E-state index contributed by atoms with van der Waals surface area (Å²) in [7, 11) is 0. The molecule has 0 bridgehead atoms. The van der Waals surface area contributed by atoms with E-state index in [2.05, 4.69) is 26.3 Å². The van der Waals surface area contributed by atoms with Gasteiger partial charge in [0.25, 0.3) is 5.91 Å². The summed E-state index contributed by atoms with van der Waals surface area (Å²) in [5.41, 5.74) is 5.82. The molecule has 0 unspecified atom stereocenters. The molecule has 72 heavy (non-hydrogen) atoms. The number of hydrogen-bond donors (Lipinski definition) is 5. The van der Waals surface area contributed by atoms with E-state index >= 15 is 0 Å². The molecule has 2 rings (SSSR count). The van der Waals surface area contributed by atoms with Gasteiger partial charge in [-0.2, -0.15) is 0 Å². The van der Waals surface area contributed by atoms with Crippen LogP contribution in [0.2, 0.25) is 0 Å². The Bertz CT molecular complexity index is 1700. The Labute approximate surface area is 430 Å². The Morgan fingerprint density at radius 1 is 0.569 bits per heavy atom. The molecule has 0 radical (unpaired) electrons. The van der Waals surface area contributed by atoms with Crippen LogP contribution in [0.4, 0.5) is 9.93 Å². The van der Waals surface area contributed by atoms with Crippen molar-refractivity contribution in [1.82, 2.24) is 20.9 Å². The molecule has 0 saturated carbocycles. The number of aromatic nitrogens is 1. The lowest BCUT2D eigenvalue weighted by atomic mass is 10.2. The molecule has 0 aliphatic heterocycles. The van der Waals surface area contributed by atoms with Gasteiger partial charge in [-0.25, -0.2) is 9.78 Å². The lowest BCUT2D eigenvalue weighted by molar-refractivity contribution is -0.122. The normalized spacial score (nSPS) is 11.1. The number of urea groups is 1. The number of benzene rings is 1. The first-order valence-corrected chi connectivity index (χ1v) is 25.7. The van der Waals surface area contributed by atoms with Crippen LogP contribution in [-0.2, 0) is 77.8 Å². The lowest BCUT2D eigenvalue weighted by Gasteiger charge is -2.12. The molecular weight excluding hydrogens is 989 g/mol. The van der Waals surface area contributed by atoms with Crippen LogP contribution >= 0.6 is 23.1 Å². The van der Waals surface area contributed by atoms with Crippen LogP contribution in [0, 0.1) is 0 Å². The van der Waals surface area contributed by atoms with Gasteiger partial charge in [-0.15, -0.1) is 11.3 Å². The number of nitrogens with one attached hydrogen (secondary N) is 4. The number of rotatable bonds is 50. The molecule has 2 aromatic rings. The largest absolute Gasteiger partial charge is 0.493 e. The maximum Gasteiger partial charge on any atom is 0.321 e. The number of thiazole rings is 1. The summed E-state index contributed by atoms with van der Waals surface area (Å²) in [5, 5.41) is 12.2. The van der Waals surface area contributed by atoms with Crippen LogP contribution in [0.5, 0.6) is 5.75 Å². The Hall–Kier alpha value is -4.13. The van der Waals surface area contributed by atoms with E-state index in [0.29, 0.717) is 183 Å². The summed E-state index contributed by atoms with van der Waals surface area (Å²) >= 11 is 2.31. The number of carbonyl (C=O) groups excluding carboxylic acids is 5. The van der Waals surface area contributed by atoms with E-state index in [1.807, 2.05) is 18.2 Å². The number of primary amides is 1. The third-order valence-electron chi connectivity index (χ3n) is 8.79. The summed E-state index contributed by atoms with van der Waals surface area (Å²) in [4.78, 5) is 62.3. The van der Waals surface area contributed by atoms with Gasteiger partial charge in [0.1, 0.15) is 11.4 Å². The van der Waals surface area contributed by atoms with Crippen LogP contribution in [0.1, 0.15) is 35.8 Å². The summed E-state index contributed by atoms with van der Waals surface area (Å²) in [6, 6.07) is 6.72. The number of amides is 5. The molecule has 0 aliphatic rings. The number of nitrogens with two attached hydrogens (primary N) is 1. The number of ether oxygens (including phenoxy) is 13. The molecular formula is C46H76N6O18S2. The molecule has 0 fully saturated rings. The average molecular weight is 1070 g/mol. The van der Waals surface area contributed by atoms with Crippen LogP contribution in [0.3, 0.4) is 0 Å². The first-order valence-electron chi connectivity index (χ1n) is 23.8. The van der Waals surface area contributed by atoms with Crippen molar-refractivity contribution in [3.8, 4) is 5.75 Å². The van der Waals surface area contributed by atoms with Gasteiger partial charge in [0.05, 0.1) is 172 Å². The Balaban J connectivity index is 1.24. The molecule has 410 valence electrons. The minimum atomic E-state index is -0.684. The van der Waals surface area contributed by atoms with Gasteiger partial charge >= 0.3 is 6.03 Å². The second kappa shape index (κ2) is 46.6. The van der Waals surface area contributed by atoms with Crippen LogP contribution in [0.15, 0.2) is 29.6 Å².